The zero-order chi connectivity index (χ0) is 24.1. The summed E-state index contributed by atoms with van der Waals surface area (Å²) >= 11 is 0. The lowest BCUT2D eigenvalue weighted by atomic mass is 10.0. The van der Waals surface area contributed by atoms with Crippen LogP contribution in [0.4, 0.5) is 4.39 Å². The molecule has 0 aliphatic rings. The standard InChI is InChI=1S/C22H21FN4O5S/c1-11-7-15(13(3)31-17-5-6-18(23)26-22(17)33(24,29)30)21-16(8-11)19(28)12(2)20(32-21)14-9-25-27(4)10-14/h5-10,13H,1-4H3,(H2,24,29,30)/t13-/m1/s1. The van der Waals surface area contributed by atoms with Gasteiger partial charge in [0.15, 0.2) is 11.2 Å². The minimum atomic E-state index is -4.35. The maximum absolute atomic E-state index is 13.5. The average molecular weight is 472 g/mol. The third-order valence-corrected chi connectivity index (χ3v) is 5.99. The molecule has 4 rings (SSSR count). The third kappa shape index (κ3) is 4.24. The summed E-state index contributed by atoms with van der Waals surface area (Å²) in [5.74, 6) is -0.864. The smallest absolute Gasteiger partial charge is 0.259 e. The predicted octanol–water partition coefficient (Wildman–Crippen LogP) is 3.13. The van der Waals surface area contributed by atoms with Gasteiger partial charge in [-0.1, -0.05) is 0 Å². The maximum atomic E-state index is 13.5. The van der Waals surface area contributed by atoms with Crippen molar-refractivity contribution in [2.45, 2.75) is 31.9 Å². The summed E-state index contributed by atoms with van der Waals surface area (Å²) < 4.78 is 50.9. The van der Waals surface area contributed by atoms with Crippen LogP contribution in [0.2, 0.25) is 0 Å². The van der Waals surface area contributed by atoms with Gasteiger partial charge in [0.2, 0.25) is 11.0 Å². The number of aryl methyl sites for hydroxylation is 2. The molecule has 0 saturated heterocycles. The molecule has 0 aliphatic carbocycles. The Hall–Kier alpha value is -3.57. The first-order valence-corrected chi connectivity index (χ1v) is 11.4. The summed E-state index contributed by atoms with van der Waals surface area (Å²) in [4.78, 5) is 16.5. The largest absolute Gasteiger partial charge is 0.483 e. The molecule has 4 aromatic rings. The fraction of sp³-hybridized carbons (Fsp3) is 0.227. The van der Waals surface area contributed by atoms with E-state index < -0.39 is 27.1 Å². The quantitative estimate of drug-likeness (QED) is 0.442. The Morgan fingerprint density at radius 3 is 2.61 bits per heavy atom. The number of sulfonamides is 1. The minimum Gasteiger partial charge on any atom is -0.483 e. The van der Waals surface area contributed by atoms with Crippen molar-refractivity contribution < 1.29 is 22.0 Å². The summed E-state index contributed by atoms with van der Waals surface area (Å²) in [5.41, 5.74) is 2.42. The van der Waals surface area contributed by atoms with Crippen molar-refractivity contribution >= 4 is 21.0 Å². The topological polar surface area (TPSA) is 130 Å². The van der Waals surface area contributed by atoms with Crippen molar-refractivity contribution in [3.05, 3.63) is 69.5 Å². The van der Waals surface area contributed by atoms with Crippen LogP contribution in [-0.4, -0.2) is 23.2 Å². The first-order chi connectivity index (χ1) is 15.5. The molecular weight excluding hydrogens is 451 g/mol. The summed E-state index contributed by atoms with van der Waals surface area (Å²) in [7, 11) is -2.59. The van der Waals surface area contributed by atoms with Gasteiger partial charge in [-0.3, -0.25) is 9.48 Å². The number of rotatable bonds is 5. The number of fused-ring (bicyclic) bond motifs is 1. The van der Waals surface area contributed by atoms with Gasteiger partial charge in [0.1, 0.15) is 17.4 Å². The van der Waals surface area contributed by atoms with Gasteiger partial charge in [0, 0.05) is 24.4 Å². The van der Waals surface area contributed by atoms with E-state index in [9.17, 15) is 17.6 Å². The van der Waals surface area contributed by atoms with Crippen LogP contribution in [0.1, 0.15) is 29.7 Å². The molecule has 0 unspecified atom stereocenters. The molecule has 2 N–H and O–H groups in total. The average Bonchev–Trinajstić information content (AvgIpc) is 3.17. The van der Waals surface area contributed by atoms with E-state index in [4.69, 9.17) is 14.3 Å². The maximum Gasteiger partial charge on any atom is 0.259 e. The molecule has 0 fully saturated rings. The van der Waals surface area contributed by atoms with Crippen molar-refractivity contribution in [3.8, 4) is 17.1 Å². The molecule has 0 saturated carbocycles. The van der Waals surface area contributed by atoms with E-state index in [0.717, 1.165) is 17.7 Å². The number of primary sulfonamides is 1. The summed E-state index contributed by atoms with van der Waals surface area (Å²) in [6.45, 7) is 5.14. The molecule has 1 atom stereocenters. The van der Waals surface area contributed by atoms with Crippen LogP contribution in [0.15, 0.2) is 50.9 Å². The second-order valence-electron chi connectivity index (χ2n) is 7.76. The highest BCUT2D eigenvalue weighted by Gasteiger charge is 2.24. The lowest BCUT2D eigenvalue weighted by Crippen LogP contribution is -2.17. The van der Waals surface area contributed by atoms with Gasteiger partial charge < -0.3 is 9.15 Å². The molecular formula is C22H21FN4O5S. The van der Waals surface area contributed by atoms with E-state index >= 15 is 0 Å². The van der Waals surface area contributed by atoms with Crippen LogP contribution >= 0.6 is 0 Å². The van der Waals surface area contributed by atoms with Crippen molar-refractivity contribution in [2.75, 3.05) is 0 Å². The Balaban J connectivity index is 1.89. The van der Waals surface area contributed by atoms with Gasteiger partial charge in [-0.25, -0.2) is 18.5 Å². The molecule has 33 heavy (non-hydrogen) atoms. The predicted molar refractivity (Wildman–Crippen MR) is 119 cm³/mol. The van der Waals surface area contributed by atoms with Crippen LogP contribution < -0.4 is 15.3 Å². The van der Waals surface area contributed by atoms with Crippen molar-refractivity contribution in [1.82, 2.24) is 14.8 Å². The van der Waals surface area contributed by atoms with Crippen molar-refractivity contribution in [2.24, 2.45) is 12.2 Å². The first-order valence-electron chi connectivity index (χ1n) is 9.88. The van der Waals surface area contributed by atoms with Crippen molar-refractivity contribution in [1.29, 1.82) is 0 Å². The molecule has 0 spiro atoms. The van der Waals surface area contributed by atoms with E-state index in [1.165, 1.54) is 0 Å². The molecule has 0 bridgehead atoms. The zero-order valence-electron chi connectivity index (χ0n) is 18.3. The highest BCUT2D eigenvalue weighted by atomic mass is 32.2. The van der Waals surface area contributed by atoms with E-state index in [-0.39, 0.29) is 16.8 Å². The van der Waals surface area contributed by atoms with Crippen LogP contribution in [0.25, 0.3) is 22.3 Å². The highest BCUT2D eigenvalue weighted by molar-refractivity contribution is 7.89. The zero-order valence-corrected chi connectivity index (χ0v) is 19.1. The van der Waals surface area contributed by atoms with Crippen LogP contribution in [0, 0.1) is 19.8 Å². The molecule has 172 valence electrons. The van der Waals surface area contributed by atoms with Gasteiger partial charge in [0.05, 0.1) is 17.1 Å². The number of benzene rings is 1. The van der Waals surface area contributed by atoms with E-state index in [1.54, 1.807) is 50.1 Å². The molecule has 0 radical (unpaired) electrons. The Morgan fingerprint density at radius 1 is 1.24 bits per heavy atom. The first kappa shape index (κ1) is 22.6. The lowest BCUT2D eigenvalue weighted by Gasteiger charge is -2.19. The number of nitrogens with zero attached hydrogens (tertiary/aromatic N) is 3. The molecule has 0 aliphatic heterocycles. The van der Waals surface area contributed by atoms with Crippen molar-refractivity contribution in [3.63, 3.8) is 0 Å². The van der Waals surface area contributed by atoms with Gasteiger partial charge in [-0.15, -0.1) is 0 Å². The summed E-state index contributed by atoms with van der Waals surface area (Å²) in [6, 6.07) is 5.59. The minimum absolute atomic E-state index is 0.207. The van der Waals surface area contributed by atoms with Gasteiger partial charge in [-0.05, 0) is 50.6 Å². The number of nitrogens with two attached hydrogens (primary N) is 1. The number of aromatic nitrogens is 3. The summed E-state index contributed by atoms with van der Waals surface area (Å²) in [5, 5.41) is 8.94. The second-order valence-corrected chi connectivity index (χ2v) is 9.24. The lowest BCUT2D eigenvalue weighted by molar-refractivity contribution is 0.218. The normalized spacial score (nSPS) is 12.8. The Bertz CT molecular complexity index is 1560. The Kier molecular flexibility index (Phi) is 5.54. The molecule has 3 heterocycles. The molecule has 0 amide bonds. The van der Waals surface area contributed by atoms with Gasteiger partial charge >= 0.3 is 0 Å². The van der Waals surface area contributed by atoms with Gasteiger partial charge in [0.25, 0.3) is 10.0 Å². The molecule has 1 aromatic carbocycles. The van der Waals surface area contributed by atoms with E-state index in [2.05, 4.69) is 10.1 Å². The van der Waals surface area contributed by atoms with Crippen LogP contribution in [-0.2, 0) is 17.1 Å². The molecule has 11 heteroatoms. The fourth-order valence-electron chi connectivity index (χ4n) is 3.64. The van der Waals surface area contributed by atoms with E-state index in [1.807, 2.05) is 6.92 Å². The molecule has 9 nitrogen and oxygen atoms in total. The Morgan fingerprint density at radius 2 is 1.97 bits per heavy atom. The van der Waals surface area contributed by atoms with Crippen LogP contribution in [0.3, 0.4) is 0 Å². The third-order valence-electron chi connectivity index (χ3n) is 5.16. The SMILES string of the molecule is Cc1cc([C@@H](C)Oc2ccc(F)nc2S(N)(=O)=O)c2oc(-c3cnn(C)c3)c(C)c(=O)c2c1. The van der Waals surface area contributed by atoms with Gasteiger partial charge in [-0.2, -0.15) is 9.49 Å². The van der Waals surface area contributed by atoms with E-state index in [0.29, 0.717) is 27.8 Å². The monoisotopic (exact) mass is 472 g/mol. The molecule has 3 aromatic heterocycles. The number of ether oxygens (including phenoxy) is 1. The summed E-state index contributed by atoms with van der Waals surface area (Å²) in [6.07, 6.45) is 2.52. The number of halogens is 1. The number of hydrogen-bond donors (Lipinski definition) is 1. The number of pyridine rings is 1. The second kappa shape index (κ2) is 8.09. The fourth-order valence-corrected chi connectivity index (χ4v) is 4.25. The number of hydrogen-bond acceptors (Lipinski definition) is 7. The Labute approximate surface area is 188 Å². The van der Waals surface area contributed by atoms with Crippen LogP contribution in [0.5, 0.6) is 5.75 Å². The highest BCUT2D eigenvalue weighted by Crippen LogP contribution is 2.33.